The molecule has 0 aliphatic heterocycles. The first kappa shape index (κ1) is 11.1. The van der Waals surface area contributed by atoms with Crippen molar-refractivity contribution in [2.24, 2.45) is 0 Å². The molecule has 1 aromatic carbocycles. The Hall–Kier alpha value is -0.380. The molecular formula is C12H16BrNO. The molecule has 0 heterocycles. The van der Waals surface area contributed by atoms with E-state index in [-0.39, 0.29) is 6.61 Å². The predicted octanol–water partition coefficient (Wildman–Crippen LogP) is 2.58. The SMILES string of the molecule is CC1CC(NCCO)c2cccc(Br)c21. The Bertz CT molecular complexity index is 353. The number of aliphatic hydroxyl groups excluding tert-OH is 1. The van der Waals surface area contributed by atoms with Crippen LogP contribution in [0.4, 0.5) is 0 Å². The number of rotatable bonds is 3. The molecular weight excluding hydrogens is 254 g/mol. The van der Waals surface area contributed by atoms with E-state index in [1.165, 1.54) is 15.6 Å². The van der Waals surface area contributed by atoms with Gasteiger partial charge in [-0.2, -0.15) is 0 Å². The lowest BCUT2D eigenvalue weighted by molar-refractivity contribution is 0.283. The van der Waals surface area contributed by atoms with Crippen molar-refractivity contribution >= 4 is 15.9 Å². The van der Waals surface area contributed by atoms with Gasteiger partial charge in [0.2, 0.25) is 0 Å². The summed E-state index contributed by atoms with van der Waals surface area (Å²) >= 11 is 3.61. The lowest BCUT2D eigenvalue weighted by Crippen LogP contribution is -2.22. The van der Waals surface area contributed by atoms with Crippen molar-refractivity contribution in [3.05, 3.63) is 33.8 Å². The van der Waals surface area contributed by atoms with Crippen LogP contribution in [0.3, 0.4) is 0 Å². The van der Waals surface area contributed by atoms with E-state index in [2.05, 4.69) is 46.4 Å². The first-order valence-electron chi connectivity index (χ1n) is 5.36. The molecule has 0 amide bonds. The molecule has 2 unspecified atom stereocenters. The van der Waals surface area contributed by atoms with Gasteiger partial charge < -0.3 is 10.4 Å². The summed E-state index contributed by atoms with van der Waals surface area (Å²) in [7, 11) is 0. The van der Waals surface area contributed by atoms with Gasteiger partial charge in [-0.25, -0.2) is 0 Å². The van der Waals surface area contributed by atoms with E-state index < -0.39 is 0 Å². The van der Waals surface area contributed by atoms with Crippen LogP contribution in [0.15, 0.2) is 22.7 Å². The Kier molecular flexibility index (Phi) is 3.44. The first-order chi connectivity index (χ1) is 7.24. The maximum absolute atomic E-state index is 8.82. The Morgan fingerprint density at radius 3 is 3.07 bits per heavy atom. The third-order valence-electron chi connectivity index (χ3n) is 3.05. The smallest absolute Gasteiger partial charge is 0.0556 e. The Labute approximate surface area is 98.8 Å². The minimum absolute atomic E-state index is 0.203. The fourth-order valence-corrected chi connectivity index (χ4v) is 3.18. The van der Waals surface area contributed by atoms with Crippen LogP contribution in [-0.4, -0.2) is 18.3 Å². The Morgan fingerprint density at radius 1 is 1.53 bits per heavy atom. The summed E-state index contributed by atoms with van der Waals surface area (Å²) < 4.78 is 1.21. The lowest BCUT2D eigenvalue weighted by atomic mass is 10.0. The van der Waals surface area contributed by atoms with Crippen molar-refractivity contribution in [2.45, 2.75) is 25.3 Å². The van der Waals surface area contributed by atoms with E-state index in [0.717, 1.165) is 6.42 Å². The Morgan fingerprint density at radius 2 is 2.33 bits per heavy atom. The number of hydrogen-bond acceptors (Lipinski definition) is 2. The summed E-state index contributed by atoms with van der Waals surface area (Å²) in [6, 6.07) is 6.76. The number of fused-ring (bicyclic) bond motifs is 1. The van der Waals surface area contributed by atoms with Crippen molar-refractivity contribution < 1.29 is 5.11 Å². The second-order valence-electron chi connectivity index (χ2n) is 4.11. The average Bonchev–Trinajstić information content (AvgIpc) is 2.54. The fraction of sp³-hybridized carbons (Fsp3) is 0.500. The number of nitrogens with one attached hydrogen (secondary N) is 1. The summed E-state index contributed by atoms with van der Waals surface area (Å²) in [5.74, 6) is 0.590. The molecule has 3 heteroatoms. The summed E-state index contributed by atoms with van der Waals surface area (Å²) in [6.07, 6.45) is 1.12. The Balaban J connectivity index is 2.26. The minimum Gasteiger partial charge on any atom is -0.395 e. The van der Waals surface area contributed by atoms with Gasteiger partial charge in [-0.1, -0.05) is 35.0 Å². The molecule has 1 aromatic rings. The molecule has 82 valence electrons. The van der Waals surface area contributed by atoms with Crippen LogP contribution in [-0.2, 0) is 0 Å². The standard InChI is InChI=1S/C12H16BrNO/c1-8-7-11(14-5-6-15)9-3-2-4-10(13)12(8)9/h2-4,8,11,14-15H,5-7H2,1H3. The van der Waals surface area contributed by atoms with E-state index >= 15 is 0 Å². The van der Waals surface area contributed by atoms with Gasteiger partial charge in [-0.05, 0) is 29.5 Å². The van der Waals surface area contributed by atoms with Gasteiger partial charge in [0.05, 0.1) is 6.61 Å². The van der Waals surface area contributed by atoms with Crippen LogP contribution in [0, 0.1) is 0 Å². The molecule has 0 saturated carbocycles. The zero-order valence-corrected chi connectivity index (χ0v) is 10.4. The van der Waals surface area contributed by atoms with Crippen LogP contribution in [0.25, 0.3) is 0 Å². The average molecular weight is 270 g/mol. The lowest BCUT2D eigenvalue weighted by Gasteiger charge is -2.12. The zero-order chi connectivity index (χ0) is 10.8. The molecule has 0 saturated heterocycles. The molecule has 0 bridgehead atoms. The molecule has 2 N–H and O–H groups in total. The summed E-state index contributed by atoms with van der Waals surface area (Å²) in [4.78, 5) is 0. The molecule has 1 aliphatic rings. The van der Waals surface area contributed by atoms with E-state index in [1.807, 2.05) is 0 Å². The van der Waals surface area contributed by atoms with Crippen LogP contribution in [0.1, 0.15) is 36.4 Å². The zero-order valence-electron chi connectivity index (χ0n) is 8.83. The molecule has 0 aromatic heterocycles. The van der Waals surface area contributed by atoms with Gasteiger partial charge in [-0.3, -0.25) is 0 Å². The first-order valence-corrected chi connectivity index (χ1v) is 6.16. The number of aliphatic hydroxyl groups is 1. The monoisotopic (exact) mass is 269 g/mol. The van der Waals surface area contributed by atoms with Crippen LogP contribution < -0.4 is 5.32 Å². The molecule has 0 fully saturated rings. The highest BCUT2D eigenvalue weighted by atomic mass is 79.9. The van der Waals surface area contributed by atoms with Crippen LogP contribution in [0.5, 0.6) is 0 Å². The summed E-state index contributed by atoms with van der Waals surface area (Å²) in [6.45, 7) is 3.13. The minimum atomic E-state index is 0.203. The third kappa shape index (κ3) is 2.10. The molecule has 15 heavy (non-hydrogen) atoms. The number of halogens is 1. The van der Waals surface area contributed by atoms with Gasteiger partial charge in [0.15, 0.2) is 0 Å². The van der Waals surface area contributed by atoms with Gasteiger partial charge in [-0.15, -0.1) is 0 Å². The van der Waals surface area contributed by atoms with Gasteiger partial charge in [0, 0.05) is 17.1 Å². The summed E-state index contributed by atoms with van der Waals surface area (Å²) in [5, 5.41) is 12.2. The highest BCUT2D eigenvalue weighted by molar-refractivity contribution is 9.10. The van der Waals surface area contributed by atoms with Gasteiger partial charge in [0.1, 0.15) is 0 Å². The molecule has 2 rings (SSSR count). The second-order valence-corrected chi connectivity index (χ2v) is 4.96. The van der Waals surface area contributed by atoms with Gasteiger partial charge in [0.25, 0.3) is 0 Å². The van der Waals surface area contributed by atoms with E-state index in [9.17, 15) is 0 Å². The second kappa shape index (κ2) is 4.64. The van der Waals surface area contributed by atoms with Crippen molar-refractivity contribution in [1.82, 2.24) is 5.32 Å². The molecule has 0 radical (unpaired) electrons. The van der Waals surface area contributed by atoms with Crippen LogP contribution >= 0.6 is 15.9 Å². The molecule has 2 nitrogen and oxygen atoms in total. The highest BCUT2D eigenvalue weighted by Crippen LogP contribution is 2.43. The topological polar surface area (TPSA) is 32.3 Å². The number of benzene rings is 1. The third-order valence-corrected chi connectivity index (χ3v) is 3.74. The number of hydrogen-bond donors (Lipinski definition) is 2. The normalized spacial score (nSPS) is 24.2. The molecule has 1 aliphatic carbocycles. The van der Waals surface area contributed by atoms with Crippen molar-refractivity contribution in [2.75, 3.05) is 13.2 Å². The van der Waals surface area contributed by atoms with E-state index in [4.69, 9.17) is 5.11 Å². The molecule has 2 atom stereocenters. The molecule has 0 spiro atoms. The largest absolute Gasteiger partial charge is 0.395 e. The quantitative estimate of drug-likeness (QED) is 0.884. The maximum Gasteiger partial charge on any atom is 0.0556 e. The van der Waals surface area contributed by atoms with Crippen molar-refractivity contribution in [3.8, 4) is 0 Å². The van der Waals surface area contributed by atoms with Gasteiger partial charge >= 0.3 is 0 Å². The highest BCUT2D eigenvalue weighted by Gasteiger charge is 2.28. The van der Waals surface area contributed by atoms with E-state index in [0.29, 0.717) is 18.5 Å². The summed E-state index contributed by atoms with van der Waals surface area (Å²) in [5.41, 5.74) is 2.80. The maximum atomic E-state index is 8.82. The van der Waals surface area contributed by atoms with E-state index in [1.54, 1.807) is 0 Å². The fourth-order valence-electron chi connectivity index (χ4n) is 2.41. The van der Waals surface area contributed by atoms with Crippen LogP contribution in [0.2, 0.25) is 0 Å². The van der Waals surface area contributed by atoms with Crippen molar-refractivity contribution in [3.63, 3.8) is 0 Å². The predicted molar refractivity (Wildman–Crippen MR) is 65.0 cm³/mol. The van der Waals surface area contributed by atoms with Crippen molar-refractivity contribution in [1.29, 1.82) is 0 Å².